The van der Waals surface area contributed by atoms with Gasteiger partial charge in [0.1, 0.15) is 11.5 Å². The molecule has 2 aromatic carbocycles. The molecule has 0 spiro atoms. The van der Waals surface area contributed by atoms with E-state index in [4.69, 9.17) is 9.47 Å². The van der Waals surface area contributed by atoms with E-state index in [0.717, 1.165) is 33.4 Å². The molecule has 0 bridgehead atoms. The van der Waals surface area contributed by atoms with Gasteiger partial charge in [-0.1, -0.05) is 24.3 Å². The summed E-state index contributed by atoms with van der Waals surface area (Å²) in [4.78, 5) is 15.4. The fourth-order valence-electron chi connectivity index (χ4n) is 2.61. The number of rotatable bonds is 10. The van der Waals surface area contributed by atoms with Crippen LogP contribution in [0.25, 0.3) is 0 Å². The van der Waals surface area contributed by atoms with Crippen molar-refractivity contribution in [2.75, 3.05) is 38.9 Å². The number of anilines is 1. The smallest absolute Gasteiger partial charge is 0.238 e. The average molecular weight is 387 g/mol. The van der Waals surface area contributed by atoms with Crippen LogP contribution in [-0.2, 0) is 11.3 Å². The van der Waals surface area contributed by atoms with E-state index < -0.39 is 0 Å². The van der Waals surface area contributed by atoms with E-state index in [2.05, 4.69) is 11.9 Å². The topological polar surface area (TPSA) is 50.8 Å². The van der Waals surface area contributed by atoms with Crippen molar-refractivity contribution in [3.05, 3.63) is 60.7 Å². The summed E-state index contributed by atoms with van der Waals surface area (Å²) in [7, 11) is 5.15. The Kier molecular flexibility index (Phi) is 8.23. The van der Waals surface area contributed by atoms with Gasteiger partial charge in [0, 0.05) is 28.8 Å². The maximum Gasteiger partial charge on any atom is 0.238 e. The van der Waals surface area contributed by atoms with E-state index in [0.29, 0.717) is 6.54 Å². The minimum atomic E-state index is -0.0587. The highest BCUT2D eigenvalue weighted by atomic mass is 32.2. The molecule has 27 heavy (non-hydrogen) atoms. The zero-order valence-corrected chi connectivity index (χ0v) is 16.8. The van der Waals surface area contributed by atoms with Gasteiger partial charge in [-0.05, 0) is 25.2 Å². The Bertz CT molecular complexity index is 780. The molecule has 1 N–H and O–H groups in total. The molecule has 0 saturated carbocycles. The van der Waals surface area contributed by atoms with Crippen molar-refractivity contribution in [3.8, 4) is 11.5 Å². The normalized spacial score (nSPS) is 10.5. The van der Waals surface area contributed by atoms with Crippen LogP contribution in [-0.4, -0.2) is 44.4 Å². The number of para-hydroxylation sites is 1. The van der Waals surface area contributed by atoms with Gasteiger partial charge in [-0.3, -0.25) is 9.69 Å². The van der Waals surface area contributed by atoms with Gasteiger partial charge in [0.2, 0.25) is 5.91 Å². The third-order valence-electron chi connectivity index (χ3n) is 3.87. The van der Waals surface area contributed by atoms with Crippen molar-refractivity contribution in [1.82, 2.24) is 4.90 Å². The molecular formula is C21H26N2O3S. The van der Waals surface area contributed by atoms with Crippen LogP contribution in [0.15, 0.2) is 60.0 Å². The van der Waals surface area contributed by atoms with E-state index in [9.17, 15) is 4.79 Å². The number of hydrogen-bond donors (Lipinski definition) is 1. The van der Waals surface area contributed by atoms with Gasteiger partial charge in [-0.2, -0.15) is 0 Å². The summed E-state index contributed by atoms with van der Waals surface area (Å²) >= 11 is 1.64. The number of methoxy groups -OCH3 is 2. The van der Waals surface area contributed by atoms with Gasteiger partial charge >= 0.3 is 0 Å². The Hall–Kier alpha value is -2.44. The average Bonchev–Trinajstić information content (AvgIpc) is 2.67. The first-order valence-corrected chi connectivity index (χ1v) is 9.58. The van der Waals surface area contributed by atoms with Gasteiger partial charge < -0.3 is 14.8 Å². The van der Waals surface area contributed by atoms with Crippen molar-refractivity contribution >= 4 is 23.4 Å². The van der Waals surface area contributed by atoms with Crippen LogP contribution in [0.3, 0.4) is 0 Å². The number of thioether (sulfide) groups is 1. The maximum atomic E-state index is 12.5. The minimum absolute atomic E-state index is 0.0587. The summed E-state index contributed by atoms with van der Waals surface area (Å²) in [5.74, 6) is 2.22. The minimum Gasteiger partial charge on any atom is -0.497 e. The highest BCUT2D eigenvalue weighted by Gasteiger charge is 2.12. The highest BCUT2D eigenvalue weighted by molar-refractivity contribution is 7.99. The molecule has 6 heteroatoms. The first-order valence-electron chi connectivity index (χ1n) is 8.59. The molecule has 2 rings (SSSR count). The molecular weight excluding hydrogens is 360 g/mol. The van der Waals surface area contributed by atoms with Crippen LogP contribution in [0.4, 0.5) is 5.69 Å². The summed E-state index contributed by atoms with van der Waals surface area (Å²) in [5, 5.41) is 3.00. The van der Waals surface area contributed by atoms with Crippen molar-refractivity contribution < 1.29 is 14.3 Å². The van der Waals surface area contributed by atoms with Crippen LogP contribution in [0.2, 0.25) is 0 Å². The van der Waals surface area contributed by atoms with Crippen molar-refractivity contribution in [1.29, 1.82) is 0 Å². The molecule has 0 unspecified atom stereocenters. The maximum absolute atomic E-state index is 12.5. The third kappa shape index (κ3) is 6.34. The molecule has 0 aliphatic carbocycles. The van der Waals surface area contributed by atoms with Gasteiger partial charge in [0.05, 0.1) is 26.5 Å². The summed E-state index contributed by atoms with van der Waals surface area (Å²) < 4.78 is 10.6. The lowest BCUT2D eigenvalue weighted by Gasteiger charge is -2.19. The molecule has 0 aromatic heterocycles. The van der Waals surface area contributed by atoms with E-state index in [1.54, 1.807) is 26.0 Å². The zero-order valence-electron chi connectivity index (χ0n) is 16.0. The Balaban J connectivity index is 1.97. The molecule has 5 nitrogen and oxygen atoms in total. The molecule has 2 aromatic rings. The Morgan fingerprint density at radius 3 is 2.70 bits per heavy atom. The van der Waals surface area contributed by atoms with Gasteiger partial charge in [0.15, 0.2) is 0 Å². The number of benzene rings is 2. The van der Waals surface area contributed by atoms with E-state index in [1.807, 2.05) is 60.5 Å². The van der Waals surface area contributed by atoms with Gasteiger partial charge in [-0.15, -0.1) is 18.3 Å². The number of nitrogens with zero attached hydrogens (tertiary/aromatic N) is 1. The van der Waals surface area contributed by atoms with Crippen molar-refractivity contribution in [2.45, 2.75) is 11.4 Å². The predicted molar refractivity (Wildman–Crippen MR) is 112 cm³/mol. The number of carbonyl (C=O) groups is 1. The molecule has 0 fully saturated rings. The Labute approximate surface area is 165 Å². The summed E-state index contributed by atoms with van der Waals surface area (Å²) in [6, 6.07) is 13.5. The second kappa shape index (κ2) is 10.6. The van der Waals surface area contributed by atoms with Crippen LogP contribution in [0.1, 0.15) is 5.56 Å². The standard InChI is InChI=1S/C21H26N2O3S/c1-5-12-27-20-9-7-6-8-18(20)22-21(24)15-23(2)14-16-10-11-17(25-3)13-19(16)26-4/h5-11,13H,1,12,14-15H2,2-4H3,(H,22,24). The molecule has 144 valence electrons. The summed E-state index contributed by atoms with van der Waals surface area (Å²) in [5.41, 5.74) is 1.82. The SMILES string of the molecule is C=CCSc1ccccc1NC(=O)CN(C)Cc1ccc(OC)cc1OC. The zero-order chi connectivity index (χ0) is 19.6. The molecule has 0 atom stereocenters. The monoisotopic (exact) mass is 386 g/mol. The molecule has 0 saturated heterocycles. The van der Waals surface area contributed by atoms with Crippen LogP contribution < -0.4 is 14.8 Å². The number of hydrogen-bond acceptors (Lipinski definition) is 5. The number of likely N-dealkylation sites (N-methyl/N-ethyl adjacent to an activating group) is 1. The highest BCUT2D eigenvalue weighted by Crippen LogP contribution is 2.27. The largest absolute Gasteiger partial charge is 0.497 e. The lowest BCUT2D eigenvalue weighted by Crippen LogP contribution is -2.30. The first kappa shape index (κ1) is 20.9. The Morgan fingerprint density at radius 2 is 2.00 bits per heavy atom. The number of amides is 1. The summed E-state index contributed by atoms with van der Waals surface area (Å²) in [6.07, 6.45) is 1.85. The molecule has 0 aliphatic rings. The number of ether oxygens (including phenoxy) is 2. The summed E-state index contributed by atoms with van der Waals surface area (Å²) in [6.45, 7) is 4.60. The fourth-order valence-corrected chi connectivity index (χ4v) is 3.36. The lowest BCUT2D eigenvalue weighted by molar-refractivity contribution is -0.117. The van der Waals surface area contributed by atoms with E-state index in [-0.39, 0.29) is 12.5 Å². The van der Waals surface area contributed by atoms with Gasteiger partial charge in [-0.25, -0.2) is 0 Å². The van der Waals surface area contributed by atoms with Crippen molar-refractivity contribution in [2.24, 2.45) is 0 Å². The predicted octanol–water partition coefficient (Wildman–Crippen LogP) is 4.05. The second-order valence-electron chi connectivity index (χ2n) is 5.99. The van der Waals surface area contributed by atoms with E-state index in [1.165, 1.54) is 0 Å². The quantitative estimate of drug-likeness (QED) is 0.493. The van der Waals surface area contributed by atoms with Crippen LogP contribution in [0.5, 0.6) is 11.5 Å². The fraction of sp³-hybridized carbons (Fsp3) is 0.286. The van der Waals surface area contributed by atoms with Gasteiger partial charge in [0.25, 0.3) is 0 Å². The third-order valence-corrected chi connectivity index (χ3v) is 4.94. The van der Waals surface area contributed by atoms with E-state index >= 15 is 0 Å². The van der Waals surface area contributed by atoms with Crippen LogP contribution >= 0.6 is 11.8 Å². The van der Waals surface area contributed by atoms with Crippen LogP contribution in [0, 0.1) is 0 Å². The molecule has 1 amide bonds. The Morgan fingerprint density at radius 1 is 1.22 bits per heavy atom. The van der Waals surface area contributed by atoms with Crippen molar-refractivity contribution in [3.63, 3.8) is 0 Å². The molecule has 0 heterocycles. The second-order valence-corrected chi connectivity index (χ2v) is 7.06. The molecule has 0 radical (unpaired) electrons. The lowest BCUT2D eigenvalue weighted by atomic mass is 10.2. The number of carbonyl (C=O) groups excluding carboxylic acids is 1. The first-order chi connectivity index (χ1) is 13.1. The molecule has 0 aliphatic heterocycles. The number of nitrogens with one attached hydrogen (secondary N) is 1.